The highest BCUT2D eigenvalue weighted by Crippen LogP contribution is 2.21. The van der Waals surface area contributed by atoms with Gasteiger partial charge in [0.25, 0.3) is 0 Å². The van der Waals surface area contributed by atoms with Crippen LogP contribution in [0.25, 0.3) is 0 Å². The number of piperidine rings is 1. The lowest BCUT2D eigenvalue weighted by atomic mass is 9.98. The van der Waals surface area contributed by atoms with Crippen LogP contribution >= 0.6 is 0 Å². The Morgan fingerprint density at radius 1 is 1.09 bits per heavy atom. The van der Waals surface area contributed by atoms with Gasteiger partial charge in [-0.15, -0.1) is 0 Å². The molecule has 1 unspecified atom stereocenters. The van der Waals surface area contributed by atoms with Crippen molar-refractivity contribution in [2.75, 3.05) is 6.54 Å². The van der Waals surface area contributed by atoms with Crippen LogP contribution in [0.4, 0.5) is 4.79 Å². The molecule has 1 aromatic carbocycles. The third kappa shape index (κ3) is 8.04. The minimum Gasteiger partial charge on any atom is -0.480 e. The molecule has 0 aromatic heterocycles. The number of unbranched alkanes of at least 4 members (excludes halogenated alkanes) is 4. The molecule has 0 bridgehead atoms. The van der Waals surface area contributed by atoms with Crippen LogP contribution in [0.2, 0.25) is 0 Å². The van der Waals surface area contributed by atoms with Crippen LogP contribution in [0.15, 0.2) is 53.8 Å². The number of nitrogens with one attached hydrogen (secondary N) is 3. The van der Waals surface area contributed by atoms with Crippen molar-refractivity contribution in [3.63, 3.8) is 0 Å². The van der Waals surface area contributed by atoms with Gasteiger partial charge in [0.2, 0.25) is 0 Å². The van der Waals surface area contributed by atoms with Crippen LogP contribution in [-0.4, -0.2) is 35.9 Å². The van der Waals surface area contributed by atoms with E-state index in [-0.39, 0.29) is 6.61 Å². The summed E-state index contributed by atoms with van der Waals surface area (Å²) in [5.74, 6) is -1.03. The van der Waals surface area contributed by atoms with Gasteiger partial charge in [-0.2, -0.15) is 0 Å². The molecule has 0 aliphatic carbocycles. The van der Waals surface area contributed by atoms with Crippen LogP contribution in [0.3, 0.4) is 0 Å². The molecular formula is C25H35N3O4. The van der Waals surface area contributed by atoms with E-state index in [2.05, 4.69) is 28.1 Å². The number of fused-ring (bicyclic) bond motifs is 1. The van der Waals surface area contributed by atoms with Crippen molar-refractivity contribution in [3.8, 4) is 0 Å². The molecule has 2 heterocycles. The first kappa shape index (κ1) is 23.9. The average Bonchev–Trinajstić information content (AvgIpc) is 2.81. The smallest absolute Gasteiger partial charge is 0.408 e. The number of carboxylic acid groups (broad SMARTS) is 1. The van der Waals surface area contributed by atoms with Crippen LogP contribution in [0.1, 0.15) is 63.4 Å². The molecule has 2 aliphatic heterocycles. The van der Waals surface area contributed by atoms with Crippen molar-refractivity contribution in [3.05, 3.63) is 59.3 Å². The SMILES string of the molecule is O=C(N[C@@H](CCCCCCCC1=CC=C2CCCNC2N1)C(=O)O)OCc1ccccc1. The maximum absolute atomic E-state index is 11.9. The highest BCUT2D eigenvalue weighted by Gasteiger charge is 2.21. The van der Waals surface area contributed by atoms with Gasteiger partial charge >= 0.3 is 12.1 Å². The number of carbonyl (C=O) groups is 2. The predicted octanol–water partition coefficient (Wildman–Crippen LogP) is 4.22. The van der Waals surface area contributed by atoms with Crippen molar-refractivity contribution in [2.24, 2.45) is 0 Å². The summed E-state index contributed by atoms with van der Waals surface area (Å²) in [6.45, 7) is 1.19. The fourth-order valence-corrected chi connectivity index (χ4v) is 4.09. The highest BCUT2D eigenvalue weighted by molar-refractivity contribution is 5.79. The fourth-order valence-electron chi connectivity index (χ4n) is 4.09. The summed E-state index contributed by atoms with van der Waals surface area (Å²) in [6.07, 6.45) is 12.9. The van der Waals surface area contributed by atoms with Gasteiger partial charge in [0.1, 0.15) is 12.6 Å². The third-order valence-corrected chi connectivity index (χ3v) is 5.93. The molecule has 1 saturated heterocycles. The van der Waals surface area contributed by atoms with Gasteiger partial charge in [-0.25, -0.2) is 9.59 Å². The number of carbonyl (C=O) groups excluding carboxylic acids is 1. The zero-order valence-electron chi connectivity index (χ0n) is 18.6. The van der Waals surface area contributed by atoms with E-state index in [1.165, 1.54) is 24.1 Å². The van der Waals surface area contributed by atoms with Gasteiger partial charge in [-0.1, -0.05) is 62.1 Å². The van der Waals surface area contributed by atoms with Gasteiger partial charge in [0.05, 0.1) is 6.17 Å². The molecule has 1 aromatic rings. The molecule has 2 aliphatic rings. The van der Waals surface area contributed by atoms with Crippen molar-refractivity contribution in [1.82, 2.24) is 16.0 Å². The molecule has 2 atom stereocenters. The summed E-state index contributed by atoms with van der Waals surface area (Å²) >= 11 is 0. The second-order valence-electron chi connectivity index (χ2n) is 8.47. The molecule has 1 amide bonds. The predicted molar refractivity (Wildman–Crippen MR) is 124 cm³/mol. The second-order valence-corrected chi connectivity index (χ2v) is 8.47. The number of ether oxygens (including phenoxy) is 1. The highest BCUT2D eigenvalue weighted by atomic mass is 16.5. The largest absolute Gasteiger partial charge is 0.480 e. The van der Waals surface area contributed by atoms with Crippen LogP contribution in [0.5, 0.6) is 0 Å². The summed E-state index contributed by atoms with van der Waals surface area (Å²) in [5.41, 5.74) is 3.60. The molecular weight excluding hydrogens is 406 g/mol. The number of carboxylic acids is 1. The first-order valence-corrected chi connectivity index (χ1v) is 11.7. The summed E-state index contributed by atoms with van der Waals surface area (Å²) in [5, 5.41) is 18.9. The molecule has 0 saturated carbocycles. The topological polar surface area (TPSA) is 99.7 Å². The summed E-state index contributed by atoms with van der Waals surface area (Å²) in [7, 11) is 0. The van der Waals surface area contributed by atoms with Crippen molar-refractivity contribution < 1.29 is 19.4 Å². The Bertz CT molecular complexity index is 807. The Morgan fingerprint density at radius 2 is 1.88 bits per heavy atom. The van der Waals surface area contributed by atoms with E-state index in [0.717, 1.165) is 50.6 Å². The van der Waals surface area contributed by atoms with Crippen LogP contribution in [-0.2, 0) is 16.1 Å². The number of hydrogen-bond donors (Lipinski definition) is 4. The summed E-state index contributed by atoms with van der Waals surface area (Å²) < 4.78 is 5.13. The van der Waals surface area contributed by atoms with Gasteiger partial charge in [0, 0.05) is 5.70 Å². The summed E-state index contributed by atoms with van der Waals surface area (Å²) in [6, 6.07) is 8.39. The number of alkyl carbamates (subject to hydrolysis) is 1. The Hall–Kier alpha value is -2.80. The van der Waals surface area contributed by atoms with Crippen molar-refractivity contribution in [1.29, 1.82) is 0 Å². The lowest BCUT2D eigenvalue weighted by Crippen LogP contribution is -2.47. The van der Waals surface area contributed by atoms with Crippen molar-refractivity contribution in [2.45, 2.75) is 76.6 Å². The Labute approximate surface area is 190 Å². The number of hydrogen-bond acceptors (Lipinski definition) is 5. The van der Waals surface area contributed by atoms with Crippen LogP contribution in [0, 0.1) is 0 Å². The minimum absolute atomic E-state index is 0.123. The summed E-state index contributed by atoms with van der Waals surface area (Å²) in [4.78, 5) is 23.4. The Morgan fingerprint density at radius 3 is 2.69 bits per heavy atom. The molecule has 7 heteroatoms. The van der Waals surface area contributed by atoms with Crippen LogP contribution < -0.4 is 16.0 Å². The lowest BCUT2D eigenvalue weighted by molar-refractivity contribution is -0.139. The molecule has 3 rings (SSSR count). The average molecular weight is 442 g/mol. The van der Waals surface area contributed by atoms with E-state index < -0.39 is 18.1 Å². The lowest BCUT2D eigenvalue weighted by Gasteiger charge is -2.32. The Kier molecular flexibility index (Phi) is 9.62. The van der Waals surface area contributed by atoms with Gasteiger partial charge in [-0.3, -0.25) is 5.32 Å². The van der Waals surface area contributed by atoms with Crippen molar-refractivity contribution >= 4 is 12.1 Å². The molecule has 0 spiro atoms. The first-order chi connectivity index (χ1) is 15.6. The molecule has 7 nitrogen and oxygen atoms in total. The van der Waals surface area contributed by atoms with E-state index in [9.17, 15) is 14.7 Å². The Balaban J connectivity index is 1.25. The number of amides is 1. The zero-order valence-corrected chi connectivity index (χ0v) is 18.6. The van der Waals surface area contributed by atoms with E-state index >= 15 is 0 Å². The number of benzene rings is 1. The quantitative estimate of drug-likeness (QED) is 0.363. The van der Waals surface area contributed by atoms with E-state index in [1.54, 1.807) is 0 Å². The number of allylic oxidation sites excluding steroid dienone is 3. The molecule has 1 fully saturated rings. The normalized spacial score (nSPS) is 18.4. The molecule has 0 radical (unpaired) electrons. The van der Waals surface area contributed by atoms with Gasteiger partial charge in [-0.05, 0) is 55.9 Å². The molecule has 174 valence electrons. The second kappa shape index (κ2) is 12.9. The van der Waals surface area contributed by atoms with E-state index in [1.807, 2.05) is 30.3 Å². The molecule has 4 N–H and O–H groups in total. The number of rotatable bonds is 12. The maximum Gasteiger partial charge on any atom is 0.408 e. The fraction of sp³-hybridized carbons (Fsp3) is 0.520. The van der Waals surface area contributed by atoms with Gasteiger partial charge < -0.3 is 20.5 Å². The molecule has 32 heavy (non-hydrogen) atoms. The monoisotopic (exact) mass is 441 g/mol. The number of aliphatic carboxylic acids is 1. The van der Waals surface area contributed by atoms with E-state index in [4.69, 9.17) is 4.74 Å². The number of dihydropyridines is 1. The maximum atomic E-state index is 11.9. The third-order valence-electron chi connectivity index (χ3n) is 5.93. The minimum atomic E-state index is -1.03. The standard InChI is InChI=1S/C25H35N3O4/c29-24(30)22(28-25(31)32-18-19-10-5-4-6-11-19)14-8-3-1-2-7-13-21-16-15-20-12-9-17-26-23(20)27-21/h4-6,10-11,15-16,22-23,26-27H,1-3,7-9,12-14,17-18H2,(H,28,31)(H,29,30)/t22-,23?/m0/s1. The van der Waals surface area contributed by atoms with E-state index in [0.29, 0.717) is 12.6 Å². The first-order valence-electron chi connectivity index (χ1n) is 11.7. The van der Waals surface area contributed by atoms with Gasteiger partial charge in [0.15, 0.2) is 0 Å². The zero-order chi connectivity index (χ0) is 22.6.